The van der Waals surface area contributed by atoms with Crippen molar-refractivity contribution < 1.29 is 9.72 Å². The number of amides is 1. The van der Waals surface area contributed by atoms with Crippen molar-refractivity contribution >= 4 is 23.2 Å². The Bertz CT molecular complexity index is 461. The van der Waals surface area contributed by atoms with E-state index < -0.39 is 4.92 Å². The van der Waals surface area contributed by atoms with Crippen LogP contribution < -0.4 is 5.32 Å². The number of hydrogen-bond donors (Lipinski definition) is 1. The molecule has 0 heterocycles. The number of nitro benzene ring substituents is 1. The van der Waals surface area contributed by atoms with Crippen molar-refractivity contribution in [2.45, 2.75) is 20.3 Å². The molecule has 1 rings (SSSR count). The van der Waals surface area contributed by atoms with Gasteiger partial charge in [0.2, 0.25) is 0 Å². The lowest BCUT2D eigenvalue weighted by molar-refractivity contribution is -0.384. The van der Waals surface area contributed by atoms with E-state index in [0.717, 1.165) is 6.42 Å². The second-order valence-corrected chi connectivity index (χ2v) is 4.77. The number of carbonyl (C=O) groups excluding carboxylic acids is 1. The van der Waals surface area contributed by atoms with E-state index in [4.69, 9.17) is 11.6 Å². The Morgan fingerprint density at radius 2 is 2.17 bits per heavy atom. The molecule has 0 saturated carbocycles. The zero-order chi connectivity index (χ0) is 13.7. The van der Waals surface area contributed by atoms with E-state index in [1.807, 2.05) is 13.8 Å². The van der Waals surface area contributed by atoms with Gasteiger partial charge in [-0.05, 0) is 18.4 Å². The van der Waals surface area contributed by atoms with Gasteiger partial charge in [0, 0.05) is 18.7 Å². The number of carbonyl (C=O) groups is 1. The van der Waals surface area contributed by atoms with Crippen molar-refractivity contribution in [3.05, 3.63) is 38.9 Å². The molecule has 0 spiro atoms. The van der Waals surface area contributed by atoms with Gasteiger partial charge in [0.15, 0.2) is 0 Å². The van der Waals surface area contributed by atoms with Crippen molar-refractivity contribution in [1.29, 1.82) is 0 Å². The maximum Gasteiger partial charge on any atom is 0.270 e. The third kappa shape index (κ3) is 4.00. The summed E-state index contributed by atoms with van der Waals surface area (Å²) in [6.07, 6.45) is 0.846. The molecular weight excluding hydrogens is 256 g/mol. The molecule has 1 N–H and O–H groups in total. The Hall–Kier alpha value is -1.62. The molecule has 0 aliphatic rings. The number of non-ortho nitro benzene ring substituents is 1. The third-order valence-electron chi connectivity index (χ3n) is 2.41. The largest absolute Gasteiger partial charge is 0.352 e. The first-order valence-corrected chi connectivity index (χ1v) is 6.01. The van der Waals surface area contributed by atoms with Gasteiger partial charge in [-0.3, -0.25) is 14.9 Å². The number of hydrogen-bond acceptors (Lipinski definition) is 3. The summed E-state index contributed by atoms with van der Waals surface area (Å²) in [5.41, 5.74) is -0.0111. The number of nitrogens with zero attached hydrogens (tertiary/aromatic N) is 1. The summed E-state index contributed by atoms with van der Waals surface area (Å²) in [6.45, 7) is 4.62. The van der Waals surface area contributed by atoms with E-state index in [9.17, 15) is 14.9 Å². The molecule has 18 heavy (non-hydrogen) atoms. The summed E-state index contributed by atoms with van der Waals surface area (Å²) in [7, 11) is 0. The van der Waals surface area contributed by atoms with Crippen LogP contribution in [0.15, 0.2) is 18.2 Å². The Labute approximate surface area is 110 Å². The van der Waals surface area contributed by atoms with E-state index in [0.29, 0.717) is 12.5 Å². The normalized spacial score (nSPS) is 10.4. The molecule has 1 aromatic rings. The van der Waals surface area contributed by atoms with Crippen molar-refractivity contribution in [3.8, 4) is 0 Å². The van der Waals surface area contributed by atoms with Gasteiger partial charge in [-0.2, -0.15) is 0 Å². The number of halogens is 1. The van der Waals surface area contributed by atoms with Gasteiger partial charge < -0.3 is 5.32 Å². The second-order valence-electron chi connectivity index (χ2n) is 4.36. The minimum absolute atomic E-state index is 0.134. The Kier molecular flexibility index (Phi) is 5.09. The summed E-state index contributed by atoms with van der Waals surface area (Å²) in [5, 5.41) is 13.5. The third-order valence-corrected chi connectivity index (χ3v) is 2.74. The molecule has 0 aliphatic carbocycles. The highest BCUT2D eigenvalue weighted by Gasteiger charge is 2.15. The highest BCUT2D eigenvalue weighted by molar-refractivity contribution is 6.33. The van der Waals surface area contributed by atoms with Crippen LogP contribution in [0.2, 0.25) is 5.02 Å². The molecule has 98 valence electrons. The quantitative estimate of drug-likeness (QED) is 0.660. The molecule has 0 bridgehead atoms. The Morgan fingerprint density at radius 3 is 2.72 bits per heavy atom. The summed E-state index contributed by atoms with van der Waals surface area (Å²) in [5.74, 6) is 0.0928. The van der Waals surface area contributed by atoms with Crippen LogP contribution in [0.1, 0.15) is 30.6 Å². The lowest BCUT2D eigenvalue weighted by Crippen LogP contribution is -2.25. The van der Waals surface area contributed by atoms with Crippen LogP contribution in [0.3, 0.4) is 0 Å². The Morgan fingerprint density at radius 1 is 1.50 bits per heavy atom. The smallest absolute Gasteiger partial charge is 0.270 e. The molecule has 0 unspecified atom stereocenters. The number of nitro groups is 1. The van der Waals surface area contributed by atoms with Gasteiger partial charge in [-0.25, -0.2) is 0 Å². The minimum atomic E-state index is -0.554. The van der Waals surface area contributed by atoms with Crippen molar-refractivity contribution in [2.24, 2.45) is 5.92 Å². The average Bonchev–Trinajstić information content (AvgIpc) is 2.28. The first-order valence-electron chi connectivity index (χ1n) is 5.64. The molecule has 0 aliphatic heterocycles. The van der Waals surface area contributed by atoms with Crippen molar-refractivity contribution in [3.63, 3.8) is 0 Å². The predicted molar refractivity (Wildman–Crippen MR) is 69.9 cm³/mol. The standard InChI is InChI=1S/C12H15ClN2O3/c1-8(2)5-6-14-12(16)10-7-9(15(17)18)3-4-11(10)13/h3-4,7-8H,5-6H2,1-2H3,(H,14,16). The molecule has 1 aromatic carbocycles. The van der Waals surface area contributed by atoms with Crippen LogP contribution in [0.4, 0.5) is 5.69 Å². The molecule has 0 radical (unpaired) electrons. The fourth-order valence-corrected chi connectivity index (χ4v) is 1.57. The SMILES string of the molecule is CC(C)CCNC(=O)c1cc([N+](=O)[O-])ccc1Cl. The monoisotopic (exact) mass is 270 g/mol. The van der Waals surface area contributed by atoms with Gasteiger partial charge in [0.25, 0.3) is 11.6 Å². The number of nitrogens with one attached hydrogen (secondary N) is 1. The van der Waals surface area contributed by atoms with Crippen molar-refractivity contribution in [2.75, 3.05) is 6.54 Å². The predicted octanol–water partition coefficient (Wildman–Crippen LogP) is 3.02. The molecule has 0 aromatic heterocycles. The summed E-state index contributed by atoms with van der Waals surface area (Å²) >= 11 is 5.85. The molecule has 0 atom stereocenters. The van der Waals surface area contributed by atoms with Crippen LogP contribution >= 0.6 is 11.6 Å². The highest BCUT2D eigenvalue weighted by Crippen LogP contribution is 2.21. The maximum atomic E-state index is 11.8. The van der Waals surface area contributed by atoms with Crippen LogP contribution in [0.25, 0.3) is 0 Å². The average molecular weight is 271 g/mol. The van der Waals surface area contributed by atoms with E-state index in [-0.39, 0.29) is 22.2 Å². The van der Waals surface area contributed by atoms with Gasteiger partial charge in [-0.1, -0.05) is 25.4 Å². The first kappa shape index (κ1) is 14.4. The Balaban J connectivity index is 2.78. The molecule has 0 saturated heterocycles. The number of benzene rings is 1. The summed E-state index contributed by atoms with van der Waals surface area (Å²) < 4.78 is 0. The van der Waals surface area contributed by atoms with Crippen LogP contribution in [-0.4, -0.2) is 17.4 Å². The lowest BCUT2D eigenvalue weighted by Gasteiger charge is -2.08. The number of rotatable bonds is 5. The minimum Gasteiger partial charge on any atom is -0.352 e. The molecule has 6 heteroatoms. The fourth-order valence-electron chi connectivity index (χ4n) is 1.37. The first-order chi connectivity index (χ1) is 8.41. The zero-order valence-electron chi connectivity index (χ0n) is 10.3. The van der Waals surface area contributed by atoms with E-state index in [1.165, 1.54) is 18.2 Å². The van der Waals surface area contributed by atoms with E-state index in [2.05, 4.69) is 5.32 Å². The molecular formula is C12H15ClN2O3. The van der Waals surface area contributed by atoms with E-state index >= 15 is 0 Å². The van der Waals surface area contributed by atoms with Gasteiger partial charge >= 0.3 is 0 Å². The fraction of sp³-hybridized carbons (Fsp3) is 0.417. The summed E-state index contributed by atoms with van der Waals surface area (Å²) in [4.78, 5) is 21.9. The van der Waals surface area contributed by atoms with Gasteiger partial charge in [-0.15, -0.1) is 0 Å². The summed E-state index contributed by atoms with van der Waals surface area (Å²) in [6, 6.07) is 3.82. The molecule has 1 amide bonds. The van der Waals surface area contributed by atoms with Gasteiger partial charge in [0.1, 0.15) is 0 Å². The molecule has 5 nitrogen and oxygen atoms in total. The van der Waals surface area contributed by atoms with Gasteiger partial charge in [0.05, 0.1) is 15.5 Å². The zero-order valence-corrected chi connectivity index (χ0v) is 11.0. The van der Waals surface area contributed by atoms with E-state index in [1.54, 1.807) is 0 Å². The molecule has 0 fully saturated rings. The van der Waals surface area contributed by atoms with Crippen molar-refractivity contribution in [1.82, 2.24) is 5.32 Å². The topological polar surface area (TPSA) is 72.2 Å². The second kappa shape index (κ2) is 6.35. The van der Waals surface area contributed by atoms with Crippen LogP contribution in [-0.2, 0) is 0 Å². The maximum absolute atomic E-state index is 11.8. The van der Waals surface area contributed by atoms with Crippen LogP contribution in [0, 0.1) is 16.0 Å². The lowest BCUT2D eigenvalue weighted by atomic mass is 10.1. The highest BCUT2D eigenvalue weighted by atomic mass is 35.5. The van der Waals surface area contributed by atoms with Crippen LogP contribution in [0.5, 0.6) is 0 Å².